The van der Waals surface area contributed by atoms with Crippen molar-refractivity contribution < 1.29 is 87.8 Å². The summed E-state index contributed by atoms with van der Waals surface area (Å²) < 4.78 is 300. The van der Waals surface area contributed by atoms with E-state index < -0.39 is 171 Å². The van der Waals surface area contributed by atoms with Crippen molar-refractivity contribution in [3.8, 4) is 11.1 Å². The molecule has 0 spiro atoms. The van der Waals surface area contributed by atoms with E-state index in [9.17, 15) is 52.7 Å². The highest BCUT2D eigenvalue weighted by atomic mass is 28.3. The molecule has 8 aromatic rings. The average molecular weight is 998 g/mol. The monoisotopic (exact) mass is 998 g/mol. The zero-order chi connectivity index (χ0) is 50.4. The van der Waals surface area contributed by atoms with E-state index in [1.165, 1.54) is 24.3 Å². The molecule has 0 fully saturated rings. The average Bonchev–Trinajstić information content (AvgIpc) is 3.34. The van der Waals surface area contributed by atoms with Crippen molar-refractivity contribution in [2.24, 2.45) is 0 Å². The van der Waals surface area contributed by atoms with Crippen LogP contribution in [0.2, 0.25) is 13.1 Å². The van der Waals surface area contributed by atoms with Gasteiger partial charge in [0, 0.05) is 21.9 Å². The second-order valence-corrected chi connectivity index (χ2v) is 20.7. The van der Waals surface area contributed by atoms with E-state index in [0.29, 0.717) is 10.6 Å². The maximum absolute atomic E-state index is 15.6. The molecule has 0 unspecified atom stereocenters. The molecule has 0 nitrogen and oxygen atoms in total. The zero-order valence-electron chi connectivity index (χ0n) is 34.0. The highest BCUT2D eigenvalue weighted by Gasteiger charge is 2.44. The summed E-state index contributed by atoms with van der Waals surface area (Å²) in [5.41, 5.74) is -9.02. The molecule has 0 radical (unpaired) electrons. The second kappa shape index (κ2) is 16.2. The Bertz CT molecular complexity index is 3380. The van der Waals surface area contributed by atoms with Gasteiger partial charge in [-0.2, -0.15) is 0 Å². The summed E-state index contributed by atoms with van der Waals surface area (Å²) in [6, 6.07) is 11.6. The van der Waals surface area contributed by atoms with E-state index in [4.69, 9.17) is 0 Å². The Hall–Kier alpha value is -6.77. The van der Waals surface area contributed by atoms with Crippen molar-refractivity contribution in [1.29, 1.82) is 0 Å². The number of hydrogen-bond acceptors (Lipinski definition) is 0. The smallest absolute Gasteiger partial charge is 0.204 e. The van der Waals surface area contributed by atoms with E-state index in [2.05, 4.69) is 0 Å². The summed E-state index contributed by atoms with van der Waals surface area (Å²) in [6.07, 6.45) is 0. The first-order valence-corrected chi connectivity index (χ1v) is 22.6. The summed E-state index contributed by atoms with van der Waals surface area (Å²) in [6.45, 7) is -2.61. The number of rotatable bonds is 6. The Morgan fingerprint density at radius 3 is 1.01 bits per heavy atom. The molecule has 0 aromatic heterocycles. The lowest BCUT2D eigenvalue weighted by Gasteiger charge is -2.35. The minimum atomic E-state index is -3.48. The maximum Gasteiger partial charge on any atom is 0.257 e. The van der Waals surface area contributed by atoms with Crippen LogP contribution in [-0.4, -0.2) is 21.5 Å². The minimum Gasteiger partial charge on any atom is -0.204 e. The summed E-state index contributed by atoms with van der Waals surface area (Å²) in [5, 5.41) is 1.10. The lowest BCUT2D eigenvalue weighted by atomic mass is 9.36. The second-order valence-electron chi connectivity index (χ2n) is 16.4. The molecule has 0 saturated carbocycles. The first-order valence-electron chi connectivity index (χ1n) is 19.6. The molecule has 9 rings (SSSR count). The Labute approximate surface area is 374 Å². The Kier molecular flexibility index (Phi) is 11.1. The van der Waals surface area contributed by atoms with Gasteiger partial charge in [-0.05, 0) is 49.1 Å². The van der Waals surface area contributed by atoms with Crippen molar-refractivity contribution >= 4 is 86.2 Å². The van der Waals surface area contributed by atoms with Gasteiger partial charge in [-0.1, -0.05) is 78.6 Å². The van der Waals surface area contributed by atoms with E-state index in [0.717, 1.165) is 36.4 Å². The molecular formula is C46H16B2F20Si. The number of benzene rings is 8. The topological polar surface area (TPSA) is 0 Å². The highest BCUT2D eigenvalue weighted by Crippen LogP contribution is 2.38. The number of halogens is 20. The molecule has 0 amide bonds. The molecule has 8 aromatic carbocycles. The van der Waals surface area contributed by atoms with Gasteiger partial charge >= 0.3 is 0 Å². The van der Waals surface area contributed by atoms with Crippen LogP contribution in [0.1, 0.15) is 0 Å². The van der Waals surface area contributed by atoms with Gasteiger partial charge in [0.15, 0.2) is 116 Å². The molecule has 1 heterocycles. The number of fused-ring (bicyclic) bond motifs is 4. The normalized spacial score (nSPS) is 12.9. The van der Waals surface area contributed by atoms with Gasteiger partial charge in [0.25, 0.3) is 13.4 Å². The quantitative estimate of drug-likeness (QED) is 0.0516. The predicted molar refractivity (Wildman–Crippen MR) is 218 cm³/mol. The van der Waals surface area contributed by atoms with E-state index >= 15 is 35.1 Å². The first kappa shape index (κ1) is 47.3. The first-order chi connectivity index (χ1) is 32.4. The van der Waals surface area contributed by atoms with E-state index in [1.807, 2.05) is 0 Å². The van der Waals surface area contributed by atoms with Crippen LogP contribution in [-0.2, 0) is 0 Å². The predicted octanol–water partition coefficient (Wildman–Crippen LogP) is 8.61. The van der Waals surface area contributed by atoms with Crippen LogP contribution in [0.25, 0.3) is 32.7 Å². The molecular weight excluding hydrogens is 982 g/mol. The fourth-order valence-electron chi connectivity index (χ4n) is 9.24. The maximum atomic E-state index is 15.6. The number of hydrogen-bond donors (Lipinski definition) is 0. The summed E-state index contributed by atoms with van der Waals surface area (Å²) >= 11 is 0. The third-order valence-electron chi connectivity index (χ3n) is 12.5. The zero-order valence-corrected chi connectivity index (χ0v) is 35.0. The third kappa shape index (κ3) is 6.54. The van der Waals surface area contributed by atoms with Crippen molar-refractivity contribution in [2.45, 2.75) is 13.1 Å². The standard InChI is InChI=1S/C46H16B2F20Si/c1-69(2)20-5-3-4-17-18-11-14(47(23-27(49)35(57)43(65)36(58)28(23)50)24-29(51)37(59)44(66)38(60)30(24)52)7-6-13(18)10-19(22(17)20)16-9-8-15(12-21(16)69)48(25-31(53)39(61)45(67)40(62)32(25)54)26-33(55)41(63)46(68)42(64)34(26)56/h3-12H,1-2H3. The molecule has 69 heavy (non-hydrogen) atoms. The fourth-order valence-corrected chi connectivity index (χ4v) is 12.4. The molecule has 0 N–H and O–H groups in total. The lowest BCUT2D eigenvalue weighted by molar-refractivity contribution is 0.382. The van der Waals surface area contributed by atoms with E-state index in [-0.39, 0.29) is 32.5 Å². The van der Waals surface area contributed by atoms with Crippen molar-refractivity contribution in [1.82, 2.24) is 0 Å². The molecule has 0 atom stereocenters. The van der Waals surface area contributed by atoms with Gasteiger partial charge in [-0.3, -0.25) is 0 Å². The molecule has 350 valence electrons. The molecule has 0 saturated heterocycles. The molecule has 1 aliphatic rings. The highest BCUT2D eigenvalue weighted by molar-refractivity contribution is 7.04. The van der Waals surface area contributed by atoms with Crippen LogP contribution in [0, 0.1) is 116 Å². The van der Waals surface area contributed by atoms with Gasteiger partial charge in [-0.25, -0.2) is 87.8 Å². The van der Waals surface area contributed by atoms with Crippen molar-refractivity contribution in [2.75, 3.05) is 0 Å². The van der Waals surface area contributed by atoms with Crippen molar-refractivity contribution in [3.63, 3.8) is 0 Å². The van der Waals surface area contributed by atoms with Crippen LogP contribution in [0.15, 0.2) is 60.7 Å². The summed E-state index contributed by atoms with van der Waals surface area (Å²) in [4.78, 5) is 0. The fraction of sp³-hybridized carbons (Fsp3) is 0.0435. The van der Waals surface area contributed by atoms with Crippen LogP contribution in [0.5, 0.6) is 0 Å². The van der Waals surface area contributed by atoms with Crippen molar-refractivity contribution in [3.05, 3.63) is 177 Å². The molecule has 0 aliphatic carbocycles. The van der Waals surface area contributed by atoms with Crippen LogP contribution < -0.4 is 43.2 Å². The van der Waals surface area contributed by atoms with Gasteiger partial charge in [0.05, 0.1) is 0 Å². The van der Waals surface area contributed by atoms with Gasteiger partial charge < -0.3 is 0 Å². The SMILES string of the molecule is C[Si]1(C)c2cc(B(c3c(F)c(F)c(F)c(F)c3F)c3c(F)c(F)c(F)c(F)c3F)ccc2-c2cc3ccc(B(c4c(F)c(F)c(F)c(F)c4F)c4c(F)c(F)c(F)c(F)c4F)cc3c3cccc1c23. The van der Waals surface area contributed by atoms with Gasteiger partial charge in [0.1, 0.15) is 8.07 Å². The van der Waals surface area contributed by atoms with Crippen LogP contribution in [0.3, 0.4) is 0 Å². The Morgan fingerprint density at radius 1 is 0.304 bits per heavy atom. The summed E-state index contributed by atoms with van der Waals surface area (Å²) in [5.74, 6) is -53.2. The minimum absolute atomic E-state index is 0.0200. The largest absolute Gasteiger partial charge is 0.257 e. The van der Waals surface area contributed by atoms with E-state index in [1.54, 1.807) is 13.1 Å². The van der Waals surface area contributed by atoms with Crippen LogP contribution >= 0.6 is 0 Å². The Balaban J connectivity index is 1.32. The molecule has 23 heteroatoms. The molecule has 0 bridgehead atoms. The van der Waals surface area contributed by atoms with Gasteiger partial charge in [0.2, 0.25) is 0 Å². The Morgan fingerprint density at radius 2 is 0.638 bits per heavy atom. The van der Waals surface area contributed by atoms with Crippen LogP contribution in [0.4, 0.5) is 87.8 Å². The summed E-state index contributed by atoms with van der Waals surface area (Å²) in [7, 11) is -3.48. The van der Waals surface area contributed by atoms with Gasteiger partial charge in [-0.15, -0.1) is 0 Å². The third-order valence-corrected chi connectivity index (χ3v) is 16.0. The lowest BCUT2D eigenvalue weighted by Crippen LogP contribution is -2.61. The molecule has 1 aliphatic heterocycles.